The predicted octanol–water partition coefficient (Wildman–Crippen LogP) is 2.12. The fraction of sp³-hybridized carbons (Fsp3) is 0.467. The highest BCUT2D eigenvalue weighted by molar-refractivity contribution is 5.95. The summed E-state index contributed by atoms with van der Waals surface area (Å²) in [5.41, 5.74) is 3.53. The molecule has 2 aromatic rings. The van der Waals surface area contributed by atoms with Gasteiger partial charge in [0.05, 0.1) is 12.1 Å². The van der Waals surface area contributed by atoms with E-state index >= 15 is 0 Å². The summed E-state index contributed by atoms with van der Waals surface area (Å²) in [6.45, 7) is 8.95. The van der Waals surface area contributed by atoms with E-state index in [9.17, 15) is 19.2 Å². The topological polar surface area (TPSA) is 120 Å². The van der Waals surface area contributed by atoms with E-state index in [-0.39, 0.29) is 48.7 Å². The summed E-state index contributed by atoms with van der Waals surface area (Å²) in [5, 5.41) is 11.8. The molecule has 4 N–H and O–H groups in total. The number of likely N-dealkylation sites (N-methyl/N-ethyl adjacent to an activating group) is 1. The molecule has 0 bridgehead atoms. The third-order valence-electron chi connectivity index (χ3n) is 7.64. The number of nitrogens with one attached hydrogen (secondary N) is 4. The van der Waals surface area contributed by atoms with Crippen LogP contribution in [0.1, 0.15) is 58.2 Å². The summed E-state index contributed by atoms with van der Waals surface area (Å²) < 4.78 is 0. The second kappa shape index (κ2) is 11.2. The Balaban J connectivity index is 1.63. The number of rotatable bonds is 7. The maximum atomic E-state index is 14.0. The van der Waals surface area contributed by atoms with Crippen molar-refractivity contribution in [2.75, 3.05) is 13.6 Å². The van der Waals surface area contributed by atoms with Crippen LogP contribution in [0.5, 0.6) is 0 Å². The van der Waals surface area contributed by atoms with Crippen LogP contribution in [0.2, 0.25) is 0 Å². The Hall–Kier alpha value is -3.72. The van der Waals surface area contributed by atoms with Crippen LogP contribution in [0.25, 0.3) is 11.1 Å². The van der Waals surface area contributed by atoms with E-state index in [4.69, 9.17) is 0 Å². The normalized spacial score (nSPS) is 20.0. The first-order valence-electron chi connectivity index (χ1n) is 13.5. The van der Waals surface area contributed by atoms with Crippen molar-refractivity contribution < 1.29 is 19.2 Å². The molecule has 0 aromatic heterocycles. The van der Waals surface area contributed by atoms with Gasteiger partial charge >= 0.3 is 0 Å². The number of fused-ring (bicyclic) bond motifs is 3. The number of hydrogen-bond acceptors (Lipinski definition) is 5. The number of hydrogen-bond donors (Lipinski definition) is 4. The lowest BCUT2D eigenvalue weighted by molar-refractivity contribution is -0.144. The van der Waals surface area contributed by atoms with Crippen molar-refractivity contribution in [2.24, 2.45) is 5.41 Å². The minimum atomic E-state index is -0.861. The molecule has 39 heavy (non-hydrogen) atoms. The van der Waals surface area contributed by atoms with Gasteiger partial charge in [-0.3, -0.25) is 19.2 Å². The molecule has 0 radical (unpaired) electrons. The highest BCUT2D eigenvalue weighted by Crippen LogP contribution is 2.43. The predicted molar refractivity (Wildman–Crippen MR) is 149 cm³/mol. The van der Waals surface area contributed by atoms with E-state index in [0.29, 0.717) is 0 Å². The summed E-state index contributed by atoms with van der Waals surface area (Å²) in [6.07, 6.45) is 0.283. The smallest absolute Gasteiger partial charge is 0.246 e. The molecule has 0 spiro atoms. The molecular formula is C30H39N5O4. The summed E-state index contributed by atoms with van der Waals surface area (Å²) in [5.74, 6) is -1.17. The number of carbonyl (C=O) groups excluding carboxylic acids is 4. The van der Waals surface area contributed by atoms with Crippen LogP contribution in [-0.2, 0) is 19.2 Å². The first kappa shape index (κ1) is 28.3. The van der Waals surface area contributed by atoms with Gasteiger partial charge in [-0.25, -0.2) is 0 Å². The third kappa shape index (κ3) is 5.83. The van der Waals surface area contributed by atoms with Gasteiger partial charge in [-0.05, 0) is 48.1 Å². The maximum absolute atomic E-state index is 14.0. The Labute approximate surface area is 230 Å². The zero-order chi connectivity index (χ0) is 28.5. The molecule has 9 heteroatoms. The lowest BCUT2D eigenvalue weighted by Crippen LogP contribution is -2.59. The van der Waals surface area contributed by atoms with E-state index in [1.165, 1.54) is 11.8 Å². The molecule has 1 saturated heterocycles. The van der Waals surface area contributed by atoms with Crippen molar-refractivity contribution >= 4 is 23.6 Å². The van der Waals surface area contributed by atoms with E-state index < -0.39 is 23.5 Å². The van der Waals surface area contributed by atoms with Crippen LogP contribution in [0.4, 0.5) is 0 Å². The first-order chi connectivity index (χ1) is 18.4. The zero-order valence-electron chi connectivity index (χ0n) is 23.5. The van der Waals surface area contributed by atoms with Gasteiger partial charge in [0.1, 0.15) is 12.1 Å². The Kier molecular flexibility index (Phi) is 8.11. The Morgan fingerprint density at radius 1 is 0.923 bits per heavy atom. The molecule has 0 unspecified atom stereocenters. The van der Waals surface area contributed by atoms with Gasteiger partial charge in [0.2, 0.25) is 23.6 Å². The van der Waals surface area contributed by atoms with Crippen LogP contribution >= 0.6 is 0 Å². The Morgan fingerprint density at radius 3 is 2.00 bits per heavy atom. The van der Waals surface area contributed by atoms with Gasteiger partial charge < -0.3 is 26.2 Å². The zero-order valence-corrected chi connectivity index (χ0v) is 23.5. The number of nitrogens with zero attached hydrogens (tertiary/aromatic N) is 1. The Morgan fingerprint density at radius 2 is 1.49 bits per heavy atom. The average molecular weight is 534 g/mol. The van der Waals surface area contributed by atoms with Crippen molar-refractivity contribution in [1.82, 2.24) is 26.2 Å². The first-order valence-corrected chi connectivity index (χ1v) is 13.5. The van der Waals surface area contributed by atoms with Crippen molar-refractivity contribution in [2.45, 2.75) is 71.2 Å². The lowest BCUT2D eigenvalue weighted by Gasteiger charge is -2.36. The van der Waals surface area contributed by atoms with Crippen LogP contribution in [0.15, 0.2) is 48.5 Å². The highest BCUT2D eigenvalue weighted by atomic mass is 16.2. The largest absolute Gasteiger partial charge is 0.352 e. The minimum Gasteiger partial charge on any atom is -0.352 e. The lowest BCUT2D eigenvalue weighted by atomic mass is 9.85. The molecule has 2 aromatic carbocycles. The minimum absolute atomic E-state index is 0.179. The van der Waals surface area contributed by atoms with Crippen LogP contribution in [0, 0.1) is 5.41 Å². The van der Waals surface area contributed by atoms with Crippen LogP contribution in [0.3, 0.4) is 0 Å². The van der Waals surface area contributed by atoms with Crippen molar-refractivity contribution in [3.8, 4) is 11.1 Å². The average Bonchev–Trinajstić information content (AvgIpc) is 3.45. The van der Waals surface area contributed by atoms with Crippen molar-refractivity contribution in [1.29, 1.82) is 0 Å². The van der Waals surface area contributed by atoms with Crippen molar-refractivity contribution in [3.63, 3.8) is 0 Å². The monoisotopic (exact) mass is 533 g/mol. The molecule has 1 fully saturated rings. The molecule has 0 saturated carbocycles. The quantitative estimate of drug-likeness (QED) is 0.435. The van der Waals surface area contributed by atoms with Gasteiger partial charge in [-0.1, -0.05) is 69.3 Å². The van der Waals surface area contributed by atoms with Crippen molar-refractivity contribution in [3.05, 3.63) is 59.7 Å². The summed E-state index contributed by atoms with van der Waals surface area (Å²) in [7, 11) is 1.68. The van der Waals surface area contributed by atoms with E-state index in [0.717, 1.165) is 22.3 Å². The third-order valence-corrected chi connectivity index (χ3v) is 7.64. The van der Waals surface area contributed by atoms with E-state index in [2.05, 4.69) is 21.3 Å². The van der Waals surface area contributed by atoms with E-state index in [1.807, 2.05) is 69.3 Å². The number of amides is 4. The maximum Gasteiger partial charge on any atom is 0.246 e. The fourth-order valence-electron chi connectivity index (χ4n) is 5.48. The van der Waals surface area contributed by atoms with Gasteiger partial charge in [0.25, 0.3) is 0 Å². The summed E-state index contributed by atoms with van der Waals surface area (Å²) in [6, 6.07) is 13.1. The Bertz CT molecular complexity index is 1220. The highest BCUT2D eigenvalue weighted by Gasteiger charge is 2.46. The molecule has 9 nitrogen and oxygen atoms in total. The molecule has 208 valence electrons. The molecule has 1 heterocycles. The molecule has 4 amide bonds. The molecule has 2 aliphatic rings. The number of carbonyl (C=O) groups is 4. The molecule has 1 aliphatic heterocycles. The summed E-state index contributed by atoms with van der Waals surface area (Å²) in [4.78, 5) is 54.1. The van der Waals surface area contributed by atoms with Crippen LogP contribution in [-0.4, -0.2) is 66.3 Å². The van der Waals surface area contributed by atoms with Gasteiger partial charge in [0, 0.05) is 19.5 Å². The van der Waals surface area contributed by atoms with Crippen LogP contribution < -0.4 is 21.3 Å². The fourth-order valence-corrected chi connectivity index (χ4v) is 5.48. The molecular weight excluding hydrogens is 494 g/mol. The number of likely N-dealkylation sites (tertiary alicyclic amines) is 1. The van der Waals surface area contributed by atoms with Gasteiger partial charge in [-0.15, -0.1) is 0 Å². The van der Waals surface area contributed by atoms with Gasteiger partial charge in [-0.2, -0.15) is 0 Å². The molecule has 4 atom stereocenters. The molecule has 1 aliphatic carbocycles. The van der Waals surface area contributed by atoms with Gasteiger partial charge in [0.15, 0.2) is 0 Å². The van der Waals surface area contributed by atoms with E-state index in [1.54, 1.807) is 14.0 Å². The SMILES string of the molecule is CN[C@@H](C)C(=O)N[C@H](C(=O)N1C[C@@H](NC(C)=O)C[C@H]1C(=O)NC1c2ccccc2-c2ccccc21)C(C)(C)C. The molecule has 4 rings (SSSR count). The second-order valence-electron chi connectivity index (χ2n) is 11.6. The summed E-state index contributed by atoms with van der Waals surface area (Å²) >= 11 is 0. The number of benzene rings is 2. The standard InChI is InChI=1S/C30H39N5O4/c1-17(31-6)27(37)34-26(30(3,4)5)29(39)35-16-19(32-18(2)36)15-24(35)28(38)33-25-22-13-9-7-11-20(22)21-12-8-10-14-23(21)25/h7-14,17,19,24-26,31H,15-16H2,1-6H3,(H,32,36)(H,33,38)(H,34,37)/t17-,19-,24-,26+/m0/s1. The second-order valence-corrected chi connectivity index (χ2v) is 11.6.